The minimum absolute atomic E-state index is 0.0311. The van der Waals surface area contributed by atoms with Gasteiger partial charge in [0, 0.05) is 13.0 Å². The van der Waals surface area contributed by atoms with Gasteiger partial charge in [0.1, 0.15) is 19.3 Å². The summed E-state index contributed by atoms with van der Waals surface area (Å²) in [6.45, 7) is 5.44. The van der Waals surface area contributed by atoms with E-state index in [2.05, 4.69) is 13.8 Å². The fraction of sp³-hybridized carbons (Fsp3) is 0.975. The Hall–Kier alpha value is -0.500. The Morgan fingerprint density at radius 1 is 0.551 bits per heavy atom. The molecule has 8 nitrogen and oxygen atoms in total. The van der Waals surface area contributed by atoms with Crippen LogP contribution >= 0.6 is 7.82 Å². The van der Waals surface area contributed by atoms with Crippen LogP contribution in [0.25, 0.3) is 0 Å². The maximum atomic E-state index is 12.6. The number of hydrogen-bond donors (Lipinski definition) is 0. The topological polar surface area (TPSA) is 94.1 Å². The van der Waals surface area contributed by atoms with Crippen molar-refractivity contribution >= 4 is 13.8 Å². The SMILES string of the molecule is CCCCCCCCCCCCCCCCCCOCC(COP(=O)([O-])OCC[N+](C)(C)C)OC(=O)CCCCCCCCCCCCC. The molecule has 0 N–H and O–H groups in total. The zero-order valence-corrected chi connectivity index (χ0v) is 34.1. The fourth-order valence-corrected chi connectivity index (χ4v) is 6.63. The Labute approximate surface area is 304 Å². The molecular formula is C40H82NO7P. The molecule has 0 fully saturated rings. The number of hydrogen-bond acceptors (Lipinski definition) is 7. The number of carbonyl (C=O) groups excluding carboxylic acids is 1. The Balaban J connectivity index is 4.19. The summed E-state index contributed by atoms with van der Waals surface area (Å²) in [6.07, 6.45) is 33.9. The summed E-state index contributed by atoms with van der Waals surface area (Å²) in [6, 6.07) is 0. The first-order chi connectivity index (χ1) is 23.6. The van der Waals surface area contributed by atoms with Crippen LogP contribution in [0.3, 0.4) is 0 Å². The highest BCUT2D eigenvalue weighted by atomic mass is 31.2. The van der Waals surface area contributed by atoms with Crippen molar-refractivity contribution < 1.29 is 37.3 Å². The van der Waals surface area contributed by atoms with Gasteiger partial charge in [0.2, 0.25) is 0 Å². The number of esters is 1. The second kappa shape index (κ2) is 34.6. The monoisotopic (exact) mass is 720 g/mol. The molecule has 0 heterocycles. The number of phosphoric acid groups is 1. The number of unbranched alkanes of at least 4 members (excludes halogenated alkanes) is 25. The molecule has 0 amide bonds. The van der Waals surface area contributed by atoms with Crippen molar-refractivity contribution in [2.45, 2.75) is 200 Å². The first-order valence-electron chi connectivity index (χ1n) is 20.8. The molecule has 2 unspecified atom stereocenters. The summed E-state index contributed by atoms with van der Waals surface area (Å²) in [5, 5.41) is 0. The van der Waals surface area contributed by atoms with Crippen molar-refractivity contribution in [3.8, 4) is 0 Å². The molecule has 0 aromatic carbocycles. The number of rotatable bonds is 39. The van der Waals surface area contributed by atoms with Crippen molar-refractivity contribution in [3.05, 3.63) is 0 Å². The van der Waals surface area contributed by atoms with E-state index >= 15 is 0 Å². The van der Waals surface area contributed by atoms with E-state index in [-0.39, 0.29) is 25.8 Å². The minimum atomic E-state index is -4.51. The summed E-state index contributed by atoms with van der Waals surface area (Å²) in [4.78, 5) is 24.9. The van der Waals surface area contributed by atoms with Gasteiger partial charge in [0.15, 0.2) is 0 Å². The van der Waals surface area contributed by atoms with Crippen molar-refractivity contribution in [2.24, 2.45) is 0 Å². The predicted molar refractivity (Wildman–Crippen MR) is 204 cm³/mol. The number of likely N-dealkylation sites (N-methyl/N-ethyl adjacent to an activating group) is 1. The summed E-state index contributed by atoms with van der Waals surface area (Å²) < 4.78 is 34.5. The summed E-state index contributed by atoms with van der Waals surface area (Å²) in [7, 11) is 1.37. The third-order valence-corrected chi connectivity index (χ3v) is 10.1. The maximum absolute atomic E-state index is 12.6. The highest BCUT2D eigenvalue weighted by Crippen LogP contribution is 2.38. The van der Waals surface area contributed by atoms with E-state index in [4.69, 9.17) is 18.5 Å². The van der Waals surface area contributed by atoms with Crippen molar-refractivity contribution in [2.75, 3.05) is 54.1 Å². The minimum Gasteiger partial charge on any atom is -0.756 e. The van der Waals surface area contributed by atoms with E-state index in [9.17, 15) is 14.3 Å². The van der Waals surface area contributed by atoms with Crippen LogP contribution in [-0.4, -0.2) is 70.7 Å². The average Bonchev–Trinajstić information content (AvgIpc) is 3.04. The quantitative estimate of drug-likeness (QED) is 0.0270. The normalized spacial score (nSPS) is 13.8. The Morgan fingerprint density at radius 2 is 0.939 bits per heavy atom. The van der Waals surface area contributed by atoms with E-state index in [1.165, 1.54) is 141 Å². The van der Waals surface area contributed by atoms with Crippen LogP contribution in [-0.2, 0) is 27.9 Å². The number of quaternary nitrogens is 1. The van der Waals surface area contributed by atoms with Crippen LogP contribution in [0.4, 0.5) is 0 Å². The molecule has 294 valence electrons. The van der Waals surface area contributed by atoms with Crippen LogP contribution in [0, 0.1) is 0 Å². The van der Waals surface area contributed by atoms with Crippen molar-refractivity contribution in [1.29, 1.82) is 0 Å². The second-order valence-electron chi connectivity index (χ2n) is 15.4. The summed E-state index contributed by atoms with van der Waals surface area (Å²) in [5.41, 5.74) is 0. The van der Waals surface area contributed by atoms with Crippen molar-refractivity contribution in [1.82, 2.24) is 0 Å². The van der Waals surface area contributed by atoms with Gasteiger partial charge in [0.25, 0.3) is 7.82 Å². The third kappa shape index (κ3) is 38.6. The second-order valence-corrected chi connectivity index (χ2v) is 16.8. The van der Waals surface area contributed by atoms with Gasteiger partial charge in [-0.15, -0.1) is 0 Å². The van der Waals surface area contributed by atoms with Gasteiger partial charge < -0.3 is 27.9 Å². The molecule has 9 heteroatoms. The van der Waals surface area contributed by atoms with Gasteiger partial charge in [0.05, 0.1) is 34.4 Å². The van der Waals surface area contributed by atoms with E-state index < -0.39 is 13.9 Å². The van der Waals surface area contributed by atoms with E-state index in [0.717, 1.165) is 32.1 Å². The molecule has 0 saturated carbocycles. The molecule has 0 spiro atoms. The lowest BCUT2D eigenvalue weighted by Gasteiger charge is -2.28. The first-order valence-corrected chi connectivity index (χ1v) is 22.2. The lowest BCUT2D eigenvalue weighted by molar-refractivity contribution is -0.870. The molecule has 0 saturated heterocycles. The fourth-order valence-electron chi connectivity index (χ4n) is 5.90. The zero-order valence-electron chi connectivity index (χ0n) is 33.2. The predicted octanol–water partition coefficient (Wildman–Crippen LogP) is 11.1. The Kier molecular flexibility index (Phi) is 34.2. The third-order valence-electron chi connectivity index (χ3n) is 9.16. The van der Waals surface area contributed by atoms with Crippen LogP contribution in [0.1, 0.15) is 194 Å². The highest BCUT2D eigenvalue weighted by molar-refractivity contribution is 7.45. The van der Waals surface area contributed by atoms with E-state index in [0.29, 0.717) is 24.1 Å². The molecule has 0 radical (unpaired) electrons. The molecule has 2 atom stereocenters. The lowest BCUT2D eigenvalue weighted by Crippen LogP contribution is -2.37. The van der Waals surface area contributed by atoms with Gasteiger partial charge in [-0.3, -0.25) is 9.36 Å². The van der Waals surface area contributed by atoms with Crippen LogP contribution < -0.4 is 4.89 Å². The number of ether oxygens (including phenoxy) is 2. The number of carbonyl (C=O) groups is 1. The zero-order chi connectivity index (χ0) is 36.3. The van der Waals surface area contributed by atoms with Gasteiger partial charge in [-0.2, -0.15) is 0 Å². The Morgan fingerprint density at radius 3 is 1.35 bits per heavy atom. The Bertz CT molecular complexity index is 761. The van der Waals surface area contributed by atoms with Gasteiger partial charge in [-0.1, -0.05) is 174 Å². The molecule has 0 rings (SSSR count). The van der Waals surface area contributed by atoms with Crippen LogP contribution in [0.5, 0.6) is 0 Å². The molecular weight excluding hydrogens is 637 g/mol. The average molecular weight is 720 g/mol. The van der Waals surface area contributed by atoms with Crippen molar-refractivity contribution in [3.63, 3.8) is 0 Å². The van der Waals surface area contributed by atoms with Crippen LogP contribution in [0.2, 0.25) is 0 Å². The van der Waals surface area contributed by atoms with Gasteiger partial charge >= 0.3 is 5.97 Å². The highest BCUT2D eigenvalue weighted by Gasteiger charge is 2.20. The number of phosphoric ester groups is 1. The summed E-state index contributed by atoms with van der Waals surface area (Å²) >= 11 is 0. The number of nitrogens with zero attached hydrogens (tertiary/aromatic N) is 1. The molecule has 0 bridgehead atoms. The molecule has 0 aliphatic carbocycles. The van der Waals surface area contributed by atoms with E-state index in [1.54, 1.807) is 0 Å². The first kappa shape index (κ1) is 48.5. The standard InChI is InChI=1S/C40H82NO7P/c1-6-8-10-12-14-16-18-19-20-21-22-24-26-28-30-32-35-45-37-39(38-47-49(43,44)46-36-34-41(3,4)5)48-40(42)33-31-29-27-25-23-17-15-13-11-9-7-2/h39H,6-38H2,1-5H3. The largest absolute Gasteiger partial charge is 0.756 e. The molecule has 0 aromatic heterocycles. The molecule has 0 aliphatic rings. The van der Waals surface area contributed by atoms with Gasteiger partial charge in [-0.05, 0) is 12.8 Å². The molecule has 0 aliphatic heterocycles. The van der Waals surface area contributed by atoms with Crippen LogP contribution in [0.15, 0.2) is 0 Å². The maximum Gasteiger partial charge on any atom is 0.306 e. The van der Waals surface area contributed by atoms with Gasteiger partial charge in [-0.25, -0.2) is 0 Å². The smallest absolute Gasteiger partial charge is 0.306 e. The molecule has 49 heavy (non-hydrogen) atoms. The summed E-state index contributed by atoms with van der Waals surface area (Å²) in [5.74, 6) is -0.331. The lowest BCUT2D eigenvalue weighted by atomic mass is 10.0. The molecule has 0 aromatic rings. The van der Waals surface area contributed by atoms with E-state index in [1.807, 2.05) is 21.1 Å².